The molecule has 2 N–H and O–H groups in total. The summed E-state index contributed by atoms with van der Waals surface area (Å²) in [6.07, 6.45) is 1.44. The van der Waals surface area contributed by atoms with E-state index in [2.05, 4.69) is 65.6 Å². The summed E-state index contributed by atoms with van der Waals surface area (Å²) in [7, 11) is 2.06. The molecule has 8 nitrogen and oxygen atoms in total. The molecule has 0 radical (unpaired) electrons. The maximum absolute atomic E-state index is 13.9. The van der Waals surface area contributed by atoms with E-state index in [1.165, 1.54) is 28.0 Å². The van der Waals surface area contributed by atoms with Crippen LogP contribution in [0, 0.1) is 5.92 Å². The van der Waals surface area contributed by atoms with Crippen molar-refractivity contribution in [2.75, 3.05) is 32.1 Å². The molecule has 1 aromatic heterocycles. The minimum absolute atomic E-state index is 0.0684. The first-order valence-corrected chi connectivity index (χ1v) is 17.0. The van der Waals surface area contributed by atoms with Gasteiger partial charge in [0.05, 0.1) is 23.9 Å². The van der Waals surface area contributed by atoms with E-state index in [0.29, 0.717) is 42.2 Å². The van der Waals surface area contributed by atoms with Crippen molar-refractivity contribution < 1.29 is 19.4 Å². The van der Waals surface area contributed by atoms with E-state index < -0.39 is 0 Å². The molecule has 0 aliphatic carbocycles. The minimum Gasteiger partial charge on any atom is -0.486 e. The molecule has 0 saturated heterocycles. The number of hydrogen-bond donors (Lipinski definition) is 2. The lowest BCUT2D eigenvalue weighted by Crippen LogP contribution is -2.49. The Morgan fingerprint density at radius 1 is 1.00 bits per heavy atom. The number of likely N-dealkylation sites (N-methyl/N-ethyl adjacent to an activating group) is 1. The highest BCUT2D eigenvalue weighted by atomic mass is 32.1. The van der Waals surface area contributed by atoms with Gasteiger partial charge in [0.25, 0.3) is 11.8 Å². The van der Waals surface area contributed by atoms with Crippen LogP contribution >= 0.6 is 11.3 Å². The molecule has 246 valence electrons. The third-order valence-electron chi connectivity index (χ3n) is 8.77. The Labute approximate surface area is 285 Å². The number of benzene rings is 4. The van der Waals surface area contributed by atoms with Gasteiger partial charge in [-0.15, -0.1) is 11.3 Å². The topological polar surface area (TPSA) is 95.0 Å². The number of carbonyl (C=O) groups is 2. The van der Waals surface area contributed by atoms with E-state index in [-0.39, 0.29) is 36.5 Å². The van der Waals surface area contributed by atoms with Crippen molar-refractivity contribution in [3.05, 3.63) is 125 Å². The van der Waals surface area contributed by atoms with E-state index in [9.17, 15) is 14.7 Å². The van der Waals surface area contributed by atoms with Crippen molar-refractivity contribution in [1.82, 2.24) is 14.8 Å². The number of amides is 2. The number of nitrogens with zero attached hydrogens (tertiary/aromatic N) is 3. The van der Waals surface area contributed by atoms with E-state index in [1.807, 2.05) is 42.6 Å². The van der Waals surface area contributed by atoms with Crippen LogP contribution < -0.4 is 10.1 Å². The van der Waals surface area contributed by atoms with Crippen LogP contribution in [-0.4, -0.2) is 70.6 Å². The number of aromatic nitrogens is 1. The number of aliphatic hydroxyl groups is 1. The Kier molecular flexibility index (Phi) is 10.3. The molecule has 0 bridgehead atoms. The summed E-state index contributed by atoms with van der Waals surface area (Å²) in [5.74, 6) is -0.287. The van der Waals surface area contributed by atoms with Crippen LogP contribution in [0.3, 0.4) is 0 Å². The quantitative estimate of drug-likeness (QED) is 0.166. The number of fused-ring (bicyclic) bond motifs is 1. The maximum Gasteiger partial charge on any atom is 0.258 e. The van der Waals surface area contributed by atoms with Gasteiger partial charge >= 0.3 is 0 Å². The third kappa shape index (κ3) is 7.49. The molecule has 4 aromatic carbocycles. The lowest BCUT2D eigenvalue weighted by atomic mass is 9.98. The zero-order chi connectivity index (χ0) is 33.6. The maximum atomic E-state index is 13.9. The molecule has 0 fully saturated rings. The predicted molar refractivity (Wildman–Crippen MR) is 191 cm³/mol. The first-order chi connectivity index (χ1) is 23.3. The largest absolute Gasteiger partial charge is 0.486 e. The molecule has 2 heterocycles. The molecule has 0 unspecified atom stereocenters. The molecule has 6 rings (SSSR count). The Hall–Kier alpha value is -4.83. The van der Waals surface area contributed by atoms with E-state index in [4.69, 9.17) is 4.74 Å². The Morgan fingerprint density at radius 2 is 1.71 bits per heavy atom. The van der Waals surface area contributed by atoms with E-state index in [0.717, 1.165) is 10.6 Å². The summed E-state index contributed by atoms with van der Waals surface area (Å²) < 4.78 is 6.73. The number of nitrogens with one attached hydrogen (secondary N) is 1. The van der Waals surface area contributed by atoms with Gasteiger partial charge in [0, 0.05) is 48.3 Å². The summed E-state index contributed by atoms with van der Waals surface area (Å²) in [6.45, 7) is 5.45. The normalized spacial score (nSPS) is 16.9. The second-order valence-electron chi connectivity index (χ2n) is 12.4. The van der Waals surface area contributed by atoms with Crippen LogP contribution in [-0.2, 0) is 6.54 Å². The second kappa shape index (κ2) is 14.9. The van der Waals surface area contributed by atoms with Crippen molar-refractivity contribution >= 4 is 28.8 Å². The Morgan fingerprint density at radius 3 is 2.40 bits per heavy atom. The smallest absolute Gasteiger partial charge is 0.258 e. The molecule has 1 aliphatic heterocycles. The van der Waals surface area contributed by atoms with E-state index in [1.54, 1.807) is 41.4 Å². The van der Waals surface area contributed by atoms with Crippen LogP contribution in [0.25, 0.3) is 21.7 Å². The molecule has 0 saturated carbocycles. The number of anilines is 1. The second-order valence-corrected chi connectivity index (χ2v) is 13.3. The third-order valence-corrected chi connectivity index (χ3v) is 9.59. The SMILES string of the molecule is C[C@H]1CN([C@@H](C)CO)C(=O)c2cccc(NC(=O)c3ccc(-c4nccs4)cc3)c2O[C@@H]1CN(C)Cc1ccc(-c2ccccc2)cc1. The van der Waals surface area contributed by atoms with Gasteiger partial charge in [-0.05, 0) is 54.9 Å². The average molecular weight is 661 g/mol. The van der Waals surface area contributed by atoms with Gasteiger partial charge in [-0.25, -0.2) is 4.98 Å². The molecule has 0 spiro atoms. The molecule has 9 heteroatoms. The highest BCUT2D eigenvalue weighted by Crippen LogP contribution is 2.35. The monoisotopic (exact) mass is 660 g/mol. The zero-order valence-electron chi connectivity index (χ0n) is 27.4. The summed E-state index contributed by atoms with van der Waals surface area (Å²) >= 11 is 1.54. The van der Waals surface area contributed by atoms with Gasteiger partial charge < -0.3 is 20.1 Å². The Bertz CT molecular complexity index is 1830. The van der Waals surface area contributed by atoms with Crippen molar-refractivity contribution in [2.24, 2.45) is 5.92 Å². The minimum atomic E-state index is -0.387. The highest BCUT2D eigenvalue weighted by Gasteiger charge is 2.34. The number of ether oxygens (including phenoxy) is 1. The van der Waals surface area contributed by atoms with Crippen molar-refractivity contribution in [3.63, 3.8) is 0 Å². The molecule has 5 aromatic rings. The van der Waals surface area contributed by atoms with E-state index >= 15 is 0 Å². The van der Waals surface area contributed by atoms with Gasteiger partial charge in [-0.1, -0.05) is 79.7 Å². The number of carbonyl (C=O) groups excluding carboxylic acids is 2. The Balaban J connectivity index is 1.24. The summed E-state index contributed by atoms with van der Waals surface area (Å²) in [4.78, 5) is 35.6. The van der Waals surface area contributed by atoms with Crippen molar-refractivity contribution in [2.45, 2.75) is 32.5 Å². The van der Waals surface area contributed by atoms with Crippen LogP contribution in [0.15, 0.2) is 109 Å². The first kappa shape index (κ1) is 33.1. The summed E-state index contributed by atoms with van der Waals surface area (Å²) in [5, 5.41) is 15.9. The molecule has 48 heavy (non-hydrogen) atoms. The number of hydrogen-bond acceptors (Lipinski definition) is 7. The number of thiazole rings is 1. The average Bonchev–Trinajstić information content (AvgIpc) is 3.66. The predicted octanol–water partition coefficient (Wildman–Crippen LogP) is 7.08. The van der Waals surface area contributed by atoms with Crippen LogP contribution in [0.2, 0.25) is 0 Å². The fourth-order valence-corrected chi connectivity index (χ4v) is 6.65. The first-order valence-electron chi connectivity index (χ1n) is 16.2. The van der Waals surface area contributed by atoms with Gasteiger partial charge in [-0.3, -0.25) is 14.5 Å². The lowest BCUT2D eigenvalue weighted by Gasteiger charge is -2.38. The van der Waals surface area contributed by atoms with Crippen LogP contribution in [0.1, 0.15) is 40.1 Å². The summed E-state index contributed by atoms with van der Waals surface area (Å²) in [5.41, 5.74) is 5.71. The van der Waals surface area contributed by atoms with Crippen LogP contribution in [0.4, 0.5) is 5.69 Å². The fraction of sp³-hybridized carbons (Fsp3) is 0.256. The van der Waals surface area contributed by atoms with Gasteiger partial charge in [0.1, 0.15) is 11.1 Å². The fourth-order valence-electron chi connectivity index (χ4n) is 6.00. The van der Waals surface area contributed by atoms with Crippen molar-refractivity contribution in [1.29, 1.82) is 0 Å². The molecule has 2 amide bonds. The number of para-hydroxylation sites is 1. The van der Waals surface area contributed by atoms with Gasteiger partial charge in [0.15, 0.2) is 5.75 Å². The molecular formula is C39H40N4O4S. The lowest BCUT2D eigenvalue weighted by molar-refractivity contribution is 0.0343. The highest BCUT2D eigenvalue weighted by molar-refractivity contribution is 7.13. The number of aliphatic hydroxyl groups excluding tert-OH is 1. The zero-order valence-corrected chi connectivity index (χ0v) is 28.2. The molecule has 1 aliphatic rings. The molecular weight excluding hydrogens is 621 g/mol. The van der Waals surface area contributed by atoms with Gasteiger partial charge in [-0.2, -0.15) is 0 Å². The number of rotatable bonds is 10. The van der Waals surface area contributed by atoms with Crippen LogP contribution in [0.5, 0.6) is 5.75 Å². The van der Waals surface area contributed by atoms with Crippen molar-refractivity contribution in [3.8, 4) is 27.4 Å². The standard InChI is InChI=1S/C39H40N4O4S/c1-26-22-43(27(2)25-44)39(46)33-10-7-11-34(41-37(45)31-16-18-32(19-17-31)38-40-20-21-48-38)36(33)47-35(26)24-42(3)23-28-12-14-30(15-13-28)29-8-5-4-6-9-29/h4-21,26-27,35,44H,22-25H2,1-3H3,(H,41,45)/t26-,27-,35+/m0/s1. The molecule has 3 atom stereocenters. The summed E-state index contributed by atoms with van der Waals surface area (Å²) in [6, 6.07) is 31.0. The van der Waals surface area contributed by atoms with Gasteiger partial charge in [0.2, 0.25) is 0 Å².